The summed E-state index contributed by atoms with van der Waals surface area (Å²) >= 11 is 0. The molecule has 0 atom stereocenters. The predicted molar refractivity (Wildman–Crippen MR) is 123 cm³/mol. The SMILES string of the molecule is CCN1CCN(S(=O)(=O)c2cccc(NC(=O)Cc3ccc4c(c3)CCCC4)c2)CC1. The van der Waals surface area contributed by atoms with Gasteiger partial charge in [0, 0.05) is 31.9 Å². The van der Waals surface area contributed by atoms with Gasteiger partial charge in [-0.2, -0.15) is 4.31 Å². The summed E-state index contributed by atoms with van der Waals surface area (Å²) in [6, 6.07) is 12.9. The Labute approximate surface area is 185 Å². The maximum Gasteiger partial charge on any atom is 0.243 e. The highest BCUT2D eigenvalue weighted by Gasteiger charge is 2.28. The molecule has 0 bridgehead atoms. The van der Waals surface area contributed by atoms with Gasteiger partial charge >= 0.3 is 0 Å². The molecule has 1 N–H and O–H groups in total. The lowest BCUT2D eigenvalue weighted by molar-refractivity contribution is -0.115. The number of likely N-dealkylation sites (N-methyl/N-ethyl adjacent to an activating group) is 1. The Bertz CT molecular complexity index is 1040. The molecule has 0 aromatic heterocycles. The fraction of sp³-hybridized carbons (Fsp3) is 0.458. The average molecular weight is 442 g/mol. The van der Waals surface area contributed by atoms with Crippen LogP contribution in [0.1, 0.15) is 36.5 Å². The van der Waals surface area contributed by atoms with Crippen LogP contribution < -0.4 is 5.32 Å². The zero-order valence-corrected chi connectivity index (χ0v) is 19.0. The number of hydrogen-bond acceptors (Lipinski definition) is 4. The van der Waals surface area contributed by atoms with E-state index in [1.54, 1.807) is 24.3 Å². The van der Waals surface area contributed by atoms with E-state index in [9.17, 15) is 13.2 Å². The largest absolute Gasteiger partial charge is 0.326 e. The third-order valence-electron chi connectivity index (χ3n) is 6.31. The number of sulfonamides is 1. The number of nitrogens with one attached hydrogen (secondary N) is 1. The van der Waals surface area contributed by atoms with Crippen molar-refractivity contribution in [3.63, 3.8) is 0 Å². The summed E-state index contributed by atoms with van der Waals surface area (Å²) in [6.07, 6.45) is 4.93. The summed E-state index contributed by atoms with van der Waals surface area (Å²) in [5.41, 5.74) is 4.26. The minimum atomic E-state index is -3.57. The number of aryl methyl sites for hydroxylation is 2. The number of carbonyl (C=O) groups excluding carboxylic acids is 1. The van der Waals surface area contributed by atoms with Crippen LogP contribution in [0.2, 0.25) is 0 Å². The Hall–Kier alpha value is -2.22. The van der Waals surface area contributed by atoms with E-state index >= 15 is 0 Å². The first-order valence-electron chi connectivity index (χ1n) is 11.2. The van der Waals surface area contributed by atoms with E-state index in [-0.39, 0.29) is 17.2 Å². The molecule has 0 radical (unpaired) electrons. The maximum absolute atomic E-state index is 13.0. The van der Waals surface area contributed by atoms with Crippen molar-refractivity contribution in [1.29, 1.82) is 0 Å². The molecule has 2 aromatic rings. The van der Waals surface area contributed by atoms with Crippen LogP contribution in [0, 0.1) is 0 Å². The second-order valence-electron chi connectivity index (χ2n) is 8.40. The first-order valence-corrected chi connectivity index (χ1v) is 12.6. The van der Waals surface area contributed by atoms with Crippen LogP contribution in [0.15, 0.2) is 47.4 Å². The van der Waals surface area contributed by atoms with Gasteiger partial charge in [0.2, 0.25) is 15.9 Å². The number of hydrogen-bond donors (Lipinski definition) is 1. The van der Waals surface area contributed by atoms with Gasteiger partial charge < -0.3 is 10.2 Å². The average Bonchev–Trinajstić information content (AvgIpc) is 2.79. The normalized spacial score (nSPS) is 17.8. The molecule has 1 aliphatic carbocycles. The highest BCUT2D eigenvalue weighted by molar-refractivity contribution is 7.89. The molecule has 0 saturated carbocycles. The van der Waals surface area contributed by atoms with Gasteiger partial charge in [-0.05, 0) is 67.1 Å². The number of piperazine rings is 1. The zero-order valence-electron chi connectivity index (χ0n) is 18.1. The Kier molecular flexibility index (Phi) is 6.74. The molecular formula is C24H31N3O3S. The summed E-state index contributed by atoms with van der Waals surface area (Å²) in [5.74, 6) is -0.137. The fourth-order valence-corrected chi connectivity index (χ4v) is 5.93. The lowest BCUT2D eigenvalue weighted by Crippen LogP contribution is -2.48. The minimum Gasteiger partial charge on any atom is -0.326 e. The van der Waals surface area contributed by atoms with Crippen LogP contribution in [-0.2, 0) is 34.1 Å². The standard InChI is InChI=1S/C24H31N3O3S/c1-2-26-12-14-27(15-13-26)31(29,30)23-9-5-8-22(18-23)25-24(28)17-19-10-11-20-6-3-4-7-21(20)16-19/h5,8-11,16,18H,2-4,6-7,12-15,17H2,1H3,(H,25,28). The Morgan fingerprint density at radius 1 is 0.968 bits per heavy atom. The molecule has 1 aliphatic heterocycles. The third kappa shape index (κ3) is 5.17. The van der Waals surface area contributed by atoms with E-state index in [4.69, 9.17) is 0 Å². The van der Waals surface area contributed by atoms with Gasteiger partial charge in [0.05, 0.1) is 11.3 Å². The molecule has 166 valence electrons. The zero-order chi connectivity index (χ0) is 21.8. The highest BCUT2D eigenvalue weighted by atomic mass is 32.2. The molecule has 4 rings (SSSR count). The smallest absolute Gasteiger partial charge is 0.243 e. The van der Waals surface area contributed by atoms with Gasteiger partial charge in [0.15, 0.2) is 0 Å². The Morgan fingerprint density at radius 2 is 1.71 bits per heavy atom. The second kappa shape index (κ2) is 9.51. The number of nitrogens with zero attached hydrogens (tertiary/aromatic N) is 2. The van der Waals surface area contributed by atoms with Crippen molar-refractivity contribution in [3.8, 4) is 0 Å². The molecule has 1 amide bonds. The molecule has 1 fully saturated rings. The summed E-state index contributed by atoms with van der Waals surface area (Å²) < 4.78 is 27.6. The first kappa shape index (κ1) is 22.0. The first-order chi connectivity index (χ1) is 15.0. The molecule has 0 unspecified atom stereocenters. The summed E-state index contributed by atoms with van der Waals surface area (Å²) in [5, 5.41) is 2.87. The number of rotatable bonds is 6. The number of amides is 1. The van der Waals surface area contributed by atoms with E-state index in [1.807, 2.05) is 6.07 Å². The lowest BCUT2D eigenvalue weighted by atomic mass is 9.90. The topological polar surface area (TPSA) is 69.7 Å². The van der Waals surface area contributed by atoms with Crippen LogP contribution in [0.4, 0.5) is 5.69 Å². The number of carbonyl (C=O) groups is 1. The molecule has 7 heteroatoms. The third-order valence-corrected chi connectivity index (χ3v) is 8.21. The van der Waals surface area contributed by atoms with Crippen molar-refractivity contribution in [1.82, 2.24) is 9.21 Å². The van der Waals surface area contributed by atoms with Crippen LogP contribution >= 0.6 is 0 Å². The molecule has 2 aliphatic rings. The van der Waals surface area contributed by atoms with Crippen molar-refractivity contribution in [3.05, 3.63) is 59.2 Å². The van der Waals surface area contributed by atoms with Crippen LogP contribution in [0.5, 0.6) is 0 Å². The van der Waals surface area contributed by atoms with Crippen molar-refractivity contribution >= 4 is 21.6 Å². The molecule has 1 saturated heterocycles. The van der Waals surface area contributed by atoms with E-state index in [0.717, 1.165) is 38.0 Å². The van der Waals surface area contributed by atoms with E-state index in [0.29, 0.717) is 18.8 Å². The second-order valence-corrected chi connectivity index (χ2v) is 10.3. The van der Waals surface area contributed by atoms with Gasteiger partial charge in [-0.3, -0.25) is 4.79 Å². The van der Waals surface area contributed by atoms with Gasteiger partial charge in [-0.15, -0.1) is 0 Å². The van der Waals surface area contributed by atoms with Crippen molar-refractivity contribution in [2.45, 2.75) is 43.9 Å². The molecule has 2 aromatic carbocycles. The Balaban J connectivity index is 1.42. The fourth-order valence-electron chi connectivity index (χ4n) is 4.46. The van der Waals surface area contributed by atoms with Crippen LogP contribution in [0.3, 0.4) is 0 Å². The molecule has 0 spiro atoms. The van der Waals surface area contributed by atoms with Crippen molar-refractivity contribution in [2.24, 2.45) is 0 Å². The molecular weight excluding hydrogens is 410 g/mol. The van der Waals surface area contributed by atoms with Gasteiger partial charge in [0.1, 0.15) is 0 Å². The number of benzene rings is 2. The van der Waals surface area contributed by atoms with Crippen LogP contribution in [0.25, 0.3) is 0 Å². The van der Waals surface area contributed by atoms with Gasteiger partial charge in [-0.25, -0.2) is 8.42 Å². The Morgan fingerprint density at radius 3 is 2.45 bits per heavy atom. The van der Waals surface area contributed by atoms with E-state index in [2.05, 4.69) is 29.3 Å². The van der Waals surface area contributed by atoms with E-state index < -0.39 is 10.0 Å². The lowest BCUT2D eigenvalue weighted by Gasteiger charge is -2.33. The maximum atomic E-state index is 13.0. The van der Waals surface area contributed by atoms with Gasteiger partial charge in [-0.1, -0.05) is 31.2 Å². The summed E-state index contributed by atoms with van der Waals surface area (Å²) in [4.78, 5) is 15.1. The molecule has 1 heterocycles. The number of anilines is 1. The monoisotopic (exact) mass is 441 g/mol. The number of fused-ring (bicyclic) bond motifs is 1. The van der Waals surface area contributed by atoms with E-state index in [1.165, 1.54) is 28.3 Å². The summed E-state index contributed by atoms with van der Waals surface area (Å²) in [6.45, 7) is 5.48. The van der Waals surface area contributed by atoms with Crippen molar-refractivity contribution in [2.75, 3.05) is 38.0 Å². The van der Waals surface area contributed by atoms with Gasteiger partial charge in [0.25, 0.3) is 0 Å². The highest BCUT2D eigenvalue weighted by Crippen LogP contribution is 2.23. The van der Waals surface area contributed by atoms with Crippen LogP contribution in [-0.4, -0.2) is 56.3 Å². The quantitative estimate of drug-likeness (QED) is 0.748. The molecule has 31 heavy (non-hydrogen) atoms. The minimum absolute atomic E-state index is 0.137. The molecule has 6 nitrogen and oxygen atoms in total. The summed E-state index contributed by atoms with van der Waals surface area (Å²) in [7, 11) is -3.57. The predicted octanol–water partition coefficient (Wildman–Crippen LogP) is 3.07. The van der Waals surface area contributed by atoms with Crippen molar-refractivity contribution < 1.29 is 13.2 Å².